The molecule has 0 aliphatic carbocycles. The summed E-state index contributed by atoms with van der Waals surface area (Å²) in [5.41, 5.74) is 1.30. The standard InChI is InChI=1S/C20H28N4O.HI/c1-2-21-20(23-17-14-16-8-9-19(17)25-16)22-11-5-12-24-13-10-15-6-3-4-7-18(15)24;/h3-4,6-7,10,13,16-17,19H,2,5,8-9,11-12,14H2,1H3,(H2,21,22,23);1H. The van der Waals surface area contributed by atoms with Gasteiger partial charge in [-0.15, -0.1) is 24.0 Å². The molecule has 4 rings (SSSR count). The summed E-state index contributed by atoms with van der Waals surface area (Å²) in [6.07, 6.45) is 7.56. The molecule has 0 amide bonds. The Hall–Kier alpha value is -1.28. The molecule has 26 heavy (non-hydrogen) atoms. The van der Waals surface area contributed by atoms with E-state index >= 15 is 0 Å². The van der Waals surface area contributed by atoms with E-state index in [0.29, 0.717) is 18.2 Å². The highest BCUT2D eigenvalue weighted by Gasteiger charge is 2.41. The molecule has 2 saturated heterocycles. The van der Waals surface area contributed by atoms with Gasteiger partial charge in [0.05, 0.1) is 18.2 Å². The maximum Gasteiger partial charge on any atom is 0.191 e. The average Bonchev–Trinajstić information content (AvgIpc) is 3.34. The molecule has 5 nitrogen and oxygen atoms in total. The highest BCUT2D eigenvalue weighted by molar-refractivity contribution is 14.0. The Labute approximate surface area is 172 Å². The lowest BCUT2D eigenvalue weighted by Gasteiger charge is -2.22. The van der Waals surface area contributed by atoms with E-state index in [1.54, 1.807) is 0 Å². The first-order chi connectivity index (χ1) is 12.3. The number of ether oxygens (including phenoxy) is 1. The van der Waals surface area contributed by atoms with Gasteiger partial charge >= 0.3 is 0 Å². The summed E-state index contributed by atoms with van der Waals surface area (Å²) in [7, 11) is 0. The van der Waals surface area contributed by atoms with Gasteiger partial charge in [-0.3, -0.25) is 4.99 Å². The van der Waals surface area contributed by atoms with Crippen molar-refractivity contribution in [1.82, 2.24) is 15.2 Å². The Morgan fingerprint density at radius 3 is 2.92 bits per heavy atom. The smallest absolute Gasteiger partial charge is 0.191 e. The number of aryl methyl sites for hydroxylation is 1. The summed E-state index contributed by atoms with van der Waals surface area (Å²) in [6, 6.07) is 11.1. The second kappa shape index (κ2) is 9.08. The summed E-state index contributed by atoms with van der Waals surface area (Å²) in [6.45, 7) is 4.81. The van der Waals surface area contributed by atoms with Gasteiger partial charge < -0.3 is 19.9 Å². The van der Waals surface area contributed by atoms with E-state index in [4.69, 9.17) is 9.73 Å². The SMILES string of the molecule is CCNC(=NCCCn1ccc2ccccc21)NC1CC2CCC1O2.I. The van der Waals surface area contributed by atoms with Crippen molar-refractivity contribution in [3.8, 4) is 0 Å². The zero-order valence-corrected chi connectivity index (χ0v) is 17.7. The number of aliphatic imine (C=N–C) groups is 1. The molecule has 2 aliphatic heterocycles. The second-order valence-electron chi connectivity index (χ2n) is 7.04. The van der Waals surface area contributed by atoms with Crippen LogP contribution in [0.4, 0.5) is 0 Å². The lowest BCUT2D eigenvalue weighted by Crippen LogP contribution is -2.47. The fourth-order valence-corrected chi connectivity index (χ4v) is 4.05. The van der Waals surface area contributed by atoms with Crippen LogP contribution >= 0.6 is 24.0 Å². The molecule has 0 spiro atoms. The number of benzene rings is 1. The molecule has 6 heteroatoms. The van der Waals surface area contributed by atoms with Crippen LogP contribution in [0.3, 0.4) is 0 Å². The molecule has 2 fully saturated rings. The van der Waals surface area contributed by atoms with E-state index in [2.05, 4.69) is 58.7 Å². The predicted molar refractivity (Wildman–Crippen MR) is 117 cm³/mol. The Morgan fingerprint density at radius 1 is 1.27 bits per heavy atom. The molecule has 2 N–H and O–H groups in total. The monoisotopic (exact) mass is 468 g/mol. The van der Waals surface area contributed by atoms with Gasteiger partial charge in [0.1, 0.15) is 0 Å². The highest BCUT2D eigenvalue weighted by Crippen LogP contribution is 2.34. The van der Waals surface area contributed by atoms with Gasteiger partial charge in [-0.25, -0.2) is 0 Å². The number of nitrogens with one attached hydrogen (secondary N) is 2. The lowest BCUT2D eigenvalue weighted by molar-refractivity contribution is 0.0992. The van der Waals surface area contributed by atoms with Gasteiger partial charge in [-0.05, 0) is 50.1 Å². The Balaban J connectivity index is 0.00000196. The minimum absolute atomic E-state index is 0. The van der Waals surface area contributed by atoms with Crippen molar-refractivity contribution < 1.29 is 4.74 Å². The molecule has 3 atom stereocenters. The van der Waals surface area contributed by atoms with Gasteiger partial charge in [0.2, 0.25) is 0 Å². The minimum Gasteiger partial charge on any atom is -0.373 e. The maximum absolute atomic E-state index is 5.93. The summed E-state index contributed by atoms with van der Waals surface area (Å²) < 4.78 is 8.25. The number of hydrogen-bond donors (Lipinski definition) is 2. The van der Waals surface area contributed by atoms with Crippen LogP contribution in [0.2, 0.25) is 0 Å². The van der Waals surface area contributed by atoms with Crippen molar-refractivity contribution in [2.45, 2.75) is 57.4 Å². The van der Waals surface area contributed by atoms with E-state index in [9.17, 15) is 0 Å². The predicted octanol–water partition coefficient (Wildman–Crippen LogP) is 3.52. The van der Waals surface area contributed by atoms with E-state index in [1.165, 1.54) is 23.7 Å². The van der Waals surface area contributed by atoms with Crippen LogP contribution in [0.25, 0.3) is 10.9 Å². The van der Waals surface area contributed by atoms with Crippen molar-refractivity contribution in [2.24, 2.45) is 4.99 Å². The van der Waals surface area contributed by atoms with Crippen molar-refractivity contribution in [2.75, 3.05) is 13.1 Å². The summed E-state index contributed by atoms with van der Waals surface area (Å²) in [5.74, 6) is 0.931. The third-order valence-electron chi connectivity index (χ3n) is 5.28. The topological polar surface area (TPSA) is 50.6 Å². The average molecular weight is 468 g/mol. The molecule has 0 radical (unpaired) electrons. The fourth-order valence-electron chi connectivity index (χ4n) is 4.05. The number of fused-ring (bicyclic) bond motifs is 3. The largest absolute Gasteiger partial charge is 0.373 e. The lowest BCUT2D eigenvalue weighted by atomic mass is 9.96. The van der Waals surface area contributed by atoms with Crippen LogP contribution in [-0.2, 0) is 11.3 Å². The van der Waals surface area contributed by atoms with E-state index < -0.39 is 0 Å². The molecule has 1 aromatic carbocycles. The van der Waals surface area contributed by atoms with Crippen LogP contribution in [0.15, 0.2) is 41.5 Å². The molecule has 0 saturated carbocycles. The minimum atomic E-state index is 0. The third kappa shape index (κ3) is 4.34. The zero-order chi connectivity index (χ0) is 17.1. The van der Waals surface area contributed by atoms with Crippen molar-refractivity contribution in [3.05, 3.63) is 36.5 Å². The maximum atomic E-state index is 5.93. The molecule has 3 unspecified atom stereocenters. The van der Waals surface area contributed by atoms with Crippen molar-refractivity contribution in [1.29, 1.82) is 0 Å². The molecule has 2 aromatic rings. The van der Waals surface area contributed by atoms with Gasteiger partial charge in [-0.1, -0.05) is 18.2 Å². The van der Waals surface area contributed by atoms with Gasteiger partial charge in [0.25, 0.3) is 0 Å². The van der Waals surface area contributed by atoms with Crippen LogP contribution in [0.5, 0.6) is 0 Å². The Bertz CT molecular complexity index is 744. The van der Waals surface area contributed by atoms with Crippen LogP contribution < -0.4 is 10.6 Å². The number of hydrogen-bond acceptors (Lipinski definition) is 2. The third-order valence-corrected chi connectivity index (χ3v) is 5.28. The number of nitrogens with zero attached hydrogens (tertiary/aromatic N) is 2. The van der Waals surface area contributed by atoms with Crippen LogP contribution in [0, 0.1) is 0 Å². The van der Waals surface area contributed by atoms with Gasteiger partial charge in [0, 0.05) is 31.3 Å². The molecule has 3 heterocycles. The normalized spacial score (nSPS) is 24.7. The fraction of sp³-hybridized carbons (Fsp3) is 0.550. The number of halogens is 1. The van der Waals surface area contributed by atoms with E-state index in [0.717, 1.165) is 38.4 Å². The highest BCUT2D eigenvalue weighted by atomic mass is 127. The molecule has 2 aliphatic rings. The second-order valence-corrected chi connectivity index (χ2v) is 7.04. The summed E-state index contributed by atoms with van der Waals surface area (Å²) >= 11 is 0. The Kier molecular flexibility index (Phi) is 6.80. The first-order valence-electron chi connectivity index (χ1n) is 9.57. The number of aromatic nitrogens is 1. The van der Waals surface area contributed by atoms with Crippen LogP contribution in [-0.4, -0.2) is 41.9 Å². The molecular weight excluding hydrogens is 439 g/mol. The number of para-hydroxylation sites is 1. The van der Waals surface area contributed by atoms with Crippen molar-refractivity contribution in [3.63, 3.8) is 0 Å². The van der Waals surface area contributed by atoms with E-state index in [1.807, 2.05) is 0 Å². The van der Waals surface area contributed by atoms with Crippen LogP contribution in [0.1, 0.15) is 32.6 Å². The summed E-state index contributed by atoms with van der Waals surface area (Å²) in [4.78, 5) is 4.77. The summed E-state index contributed by atoms with van der Waals surface area (Å²) in [5, 5.41) is 8.25. The first kappa shape index (κ1) is 19.5. The molecule has 142 valence electrons. The first-order valence-corrected chi connectivity index (χ1v) is 9.57. The quantitative estimate of drug-likeness (QED) is 0.295. The Morgan fingerprint density at radius 2 is 2.15 bits per heavy atom. The van der Waals surface area contributed by atoms with E-state index in [-0.39, 0.29) is 24.0 Å². The van der Waals surface area contributed by atoms with Gasteiger partial charge in [-0.2, -0.15) is 0 Å². The number of rotatable bonds is 6. The molecule has 1 aromatic heterocycles. The van der Waals surface area contributed by atoms with Gasteiger partial charge in [0.15, 0.2) is 5.96 Å². The van der Waals surface area contributed by atoms with Crippen molar-refractivity contribution >= 4 is 40.8 Å². The zero-order valence-electron chi connectivity index (χ0n) is 15.4. The molecule has 2 bridgehead atoms. The molecular formula is C20H29IN4O. The number of guanidine groups is 1.